The minimum absolute atomic E-state index is 0.486. The first-order chi connectivity index (χ1) is 9.76. The highest BCUT2D eigenvalue weighted by Gasteiger charge is 2.47. The van der Waals surface area contributed by atoms with Gasteiger partial charge in [0.05, 0.1) is 14.1 Å². The number of carboxylic acid groups (broad SMARTS) is 1. The number of carboxylic acids is 1. The molecule has 124 valence electrons. The van der Waals surface area contributed by atoms with E-state index in [1.165, 1.54) is 17.1 Å². The van der Waals surface area contributed by atoms with Crippen molar-refractivity contribution in [3.8, 4) is 0 Å². The first kappa shape index (κ1) is 19.6. The molecule has 0 saturated carbocycles. The van der Waals surface area contributed by atoms with Gasteiger partial charge in [0.2, 0.25) is 12.4 Å². The van der Waals surface area contributed by atoms with E-state index in [9.17, 15) is 31.1 Å². The fourth-order valence-electron chi connectivity index (χ4n) is 0.928. The zero-order valence-corrected chi connectivity index (χ0v) is 11.2. The summed E-state index contributed by atoms with van der Waals surface area (Å²) in [7, 11) is 3.44. The summed E-state index contributed by atoms with van der Waals surface area (Å²) in [4.78, 5) is 19.7. The second-order valence-corrected chi connectivity index (χ2v) is 3.84. The lowest BCUT2D eigenvalue weighted by Gasteiger charge is -2.02. The summed E-state index contributed by atoms with van der Waals surface area (Å²) in [5, 5.41) is 8.77. The van der Waals surface area contributed by atoms with Crippen LogP contribution in [0.15, 0.2) is 24.8 Å². The Balaban J connectivity index is 0.000000534. The number of hydrogen-bond acceptors (Lipinski definition) is 3. The Bertz CT molecular complexity index is 524. The third kappa shape index (κ3) is 6.37. The number of halogens is 6. The summed E-state index contributed by atoms with van der Waals surface area (Å²) >= 11 is 0. The molecule has 22 heavy (non-hydrogen) atoms. The van der Waals surface area contributed by atoms with Gasteiger partial charge >= 0.3 is 24.2 Å². The van der Waals surface area contributed by atoms with Crippen LogP contribution in [0.1, 0.15) is 4.79 Å². The molecule has 0 spiro atoms. The summed E-state index contributed by atoms with van der Waals surface area (Å²) in [6.07, 6.45) is -5.13. The molecule has 1 aromatic heterocycles. The van der Waals surface area contributed by atoms with Crippen molar-refractivity contribution in [2.24, 2.45) is 0 Å². The van der Waals surface area contributed by atoms with Crippen molar-refractivity contribution in [3.05, 3.63) is 24.8 Å². The van der Waals surface area contributed by atoms with Gasteiger partial charge < -0.3 is 5.11 Å². The maximum atomic E-state index is 12.0. The van der Waals surface area contributed by atoms with Crippen molar-refractivity contribution < 1.29 is 50.3 Å². The minimum Gasteiger partial charge on any atom is -0.475 e. The number of aromatic nitrogens is 2. The molecule has 0 amide bonds. The van der Waals surface area contributed by atoms with Crippen LogP contribution in [-0.4, -0.2) is 43.4 Å². The van der Waals surface area contributed by atoms with Gasteiger partial charge in [-0.3, -0.25) is 0 Å². The molecule has 1 rings (SSSR count). The number of hydrogen-bond donors (Lipinski definition) is 1. The molecule has 0 fully saturated rings. The third-order valence-electron chi connectivity index (χ3n) is 1.94. The van der Waals surface area contributed by atoms with Gasteiger partial charge in [-0.25, -0.2) is 9.59 Å². The predicted molar refractivity (Wildman–Crippen MR) is 57.3 cm³/mol. The van der Waals surface area contributed by atoms with Crippen LogP contribution < -0.4 is 14.3 Å². The molecule has 1 aromatic rings. The molecule has 0 atom stereocenters. The average Bonchev–Trinajstić information content (AvgIpc) is 2.36. The lowest BCUT2D eigenvalue weighted by atomic mass is 10.5. The van der Waals surface area contributed by atoms with Crippen LogP contribution in [0.4, 0.5) is 26.3 Å². The van der Waals surface area contributed by atoms with Crippen LogP contribution in [0.25, 0.3) is 0 Å². The molecule has 0 saturated heterocycles. The van der Waals surface area contributed by atoms with Gasteiger partial charge in [0, 0.05) is 0 Å². The highest BCUT2D eigenvalue weighted by molar-refractivity contribution is 5.73. The fraction of sp³-hybridized carbons (Fsp3) is 0.400. The van der Waals surface area contributed by atoms with Gasteiger partial charge in [0.25, 0.3) is 12.4 Å². The van der Waals surface area contributed by atoms with Crippen LogP contribution in [-0.2, 0) is 4.79 Å². The van der Waals surface area contributed by atoms with Gasteiger partial charge in [0.15, 0.2) is 0 Å². The van der Waals surface area contributed by atoms with Crippen LogP contribution in [0.2, 0.25) is 0 Å². The standard InChI is InChI=1S/C8H10F3N3O.C2HF3O2/c1-12(2)14-5-3-13(4-6-14)7(15)8(9,10)11;3-2(4,5)1(6)7/h3-6H,1-2H3;(H,6,7)/q+2;. The Morgan fingerprint density at radius 2 is 1.27 bits per heavy atom. The van der Waals surface area contributed by atoms with Crippen molar-refractivity contribution in [2.45, 2.75) is 12.4 Å². The second kappa shape index (κ2) is 7.04. The Hall–Kier alpha value is -2.40. The number of nitrogens with zero attached hydrogens (tertiary/aromatic N) is 3. The second-order valence-electron chi connectivity index (χ2n) is 3.84. The van der Waals surface area contributed by atoms with Crippen molar-refractivity contribution in [3.63, 3.8) is 0 Å². The summed E-state index contributed by atoms with van der Waals surface area (Å²) in [5.74, 6) is -4.67. The average molecular weight is 335 g/mol. The van der Waals surface area contributed by atoms with E-state index in [1.807, 2.05) is 0 Å². The van der Waals surface area contributed by atoms with E-state index in [4.69, 9.17) is 9.90 Å². The quantitative estimate of drug-likeness (QED) is 0.592. The van der Waals surface area contributed by atoms with Crippen molar-refractivity contribution in [2.75, 3.05) is 19.1 Å². The Labute approximate surface area is 119 Å². The monoisotopic (exact) mass is 335 g/mol. The molecular formula is C10H11F6N3O3+2. The number of aliphatic carboxylic acids is 1. The predicted octanol–water partition coefficient (Wildman–Crippen LogP) is 0.295. The topological polar surface area (TPSA) is 65.4 Å². The van der Waals surface area contributed by atoms with Crippen LogP contribution >= 0.6 is 0 Å². The molecule has 0 aliphatic carbocycles. The van der Waals surface area contributed by atoms with E-state index in [0.717, 1.165) is 12.4 Å². The van der Waals surface area contributed by atoms with Crippen molar-refractivity contribution in [1.29, 1.82) is 0 Å². The molecule has 0 aliphatic rings. The van der Waals surface area contributed by atoms with E-state index in [1.54, 1.807) is 19.1 Å². The van der Waals surface area contributed by atoms with Crippen molar-refractivity contribution in [1.82, 2.24) is 0 Å². The van der Waals surface area contributed by atoms with E-state index < -0.39 is 24.2 Å². The Morgan fingerprint density at radius 1 is 0.909 bits per heavy atom. The number of carbonyl (C=O) groups excluding carboxylic acids is 1. The normalized spacial score (nSPS) is 11.3. The van der Waals surface area contributed by atoms with Crippen LogP contribution in [0.3, 0.4) is 0 Å². The third-order valence-corrected chi connectivity index (χ3v) is 1.94. The van der Waals surface area contributed by atoms with E-state index in [0.29, 0.717) is 4.57 Å². The lowest BCUT2D eigenvalue weighted by Crippen LogP contribution is -2.57. The molecule has 6 nitrogen and oxygen atoms in total. The lowest BCUT2D eigenvalue weighted by molar-refractivity contribution is -0.711. The van der Waals surface area contributed by atoms with Gasteiger partial charge in [0.1, 0.15) is 0 Å². The van der Waals surface area contributed by atoms with Gasteiger partial charge in [-0.05, 0) is 0 Å². The summed E-state index contributed by atoms with van der Waals surface area (Å²) in [6, 6.07) is 0. The highest BCUT2D eigenvalue weighted by atomic mass is 19.4. The smallest absolute Gasteiger partial charge is 0.475 e. The van der Waals surface area contributed by atoms with Crippen LogP contribution in [0.5, 0.6) is 0 Å². The molecule has 0 unspecified atom stereocenters. The SMILES string of the molecule is CN(C)[n+]1cc[n+](C(=O)C(F)(F)F)cc1.O=C(O)C(F)(F)F. The summed E-state index contributed by atoms with van der Waals surface area (Å²) < 4.78 is 69.8. The Kier molecular flexibility index (Phi) is 6.28. The number of carbonyl (C=O) groups is 2. The van der Waals surface area contributed by atoms with Crippen molar-refractivity contribution >= 4 is 11.9 Å². The largest absolute Gasteiger partial charge is 0.521 e. The van der Waals surface area contributed by atoms with E-state index in [2.05, 4.69) is 0 Å². The van der Waals surface area contributed by atoms with Gasteiger partial charge in [-0.2, -0.15) is 31.4 Å². The van der Waals surface area contributed by atoms with Gasteiger partial charge in [-0.1, -0.05) is 4.68 Å². The van der Waals surface area contributed by atoms with Gasteiger partial charge in [-0.15, -0.1) is 4.57 Å². The number of alkyl halides is 6. The zero-order chi connectivity index (χ0) is 17.7. The Morgan fingerprint density at radius 3 is 1.50 bits per heavy atom. The molecule has 0 aliphatic heterocycles. The molecule has 12 heteroatoms. The summed E-state index contributed by atoms with van der Waals surface area (Å²) in [5.41, 5.74) is 0. The number of rotatable bonds is 1. The van der Waals surface area contributed by atoms with E-state index in [-0.39, 0.29) is 0 Å². The molecule has 0 bridgehead atoms. The minimum atomic E-state index is -5.08. The first-order valence-electron chi connectivity index (χ1n) is 5.28. The molecule has 0 radical (unpaired) electrons. The fourth-order valence-corrected chi connectivity index (χ4v) is 0.928. The maximum Gasteiger partial charge on any atom is 0.521 e. The molecular weight excluding hydrogens is 324 g/mol. The molecule has 1 N–H and O–H groups in total. The highest BCUT2D eigenvalue weighted by Crippen LogP contribution is 2.14. The summed E-state index contributed by atoms with van der Waals surface area (Å²) in [6.45, 7) is 0. The van der Waals surface area contributed by atoms with E-state index >= 15 is 0 Å². The van der Waals surface area contributed by atoms with Crippen LogP contribution in [0, 0.1) is 0 Å². The first-order valence-corrected chi connectivity index (χ1v) is 5.28. The zero-order valence-electron chi connectivity index (χ0n) is 11.2. The molecule has 1 heterocycles. The molecule has 0 aromatic carbocycles. The maximum absolute atomic E-state index is 12.0.